The molecule has 0 atom stereocenters. The summed E-state index contributed by atoms with van der Waals surface area (Å²) in [7, 11) is 0. The van der Waals surface area contributed by atoms with E-state index >= 15 is 0 Å². The van der Waals surface area contributed by atoms with Gasteiger partial charge in [-0.1, -0.05) is 73.3 Å². The van der Waals surface area contributed by atoms with Crippen molar-refractivity contribution in [3.8, 4) is 0 Å². The maximum atomic E-state index is 10.6. The summed E-state index contributed by atoms with van der Waals surface area (Å²) in [6, 6.07) is 19.1. The second kappa shape index (κ2) is 4.33. The zero-order valence-electron chi connectivity index (χ0n) is 9.01. The molecule has 0 amide bonds. The minimum atomic E-state index is -1.11. The molecular formula is C15H14O. The first-order valence-electron chi connectivity index (χ1n) is 5.24. The maximum Gasteiger partial charge on any atom is 0.133 e. The molecular weight excluding hydrogens is 196 g/mol. The predicted octanol–water partition coefficient (Wildman–Crippen LogP) is 3.11. The monoisotopic (exact) mass is 210 g/mol. The molecule has 1 heteroatoms. The van der Waals surface area contributed by atoms with E-state index in [2.05, 4.69) is 6.58 Å². The second-order valence-corrected chi connectivity index (χ2v) is 3.70. The lowest BCUT2D eigenvalue weighted by atomic mass is 9.86. The van der Waals surface area contributed by atoms with Gasteiger partial charge in [-0.25, -0.2) is 0 Å². The van der Waals surface area contributed by atoms with Crippen molar-refractivity contribution in [2.45, 2.75) is 5.60 Å². The van der Waals surface area contributed by atoms with Crippen LogP contribution in [0.2, 0.25) is 0 Å². The van der Waals surface area contributed by atoms with Gasteiger partial charge in [0.05, 0.1) is 0 Å². The van der Waals surface area contributed by atoms with Gasteiger partial charge in [0.2, 0.25) is 0 Å². The van der Waals surface area contributed by atoms with E-state index in [0.29, 0.717) is 0 Å². The van der Waals surface area contributed by atoms with Gasteiger partial charge in [0, 0.05) is 0 Å². The fourth-order valence-corrected chi connectivity index (χ4v) is 1.79. The van der Waals surface area contributed by atoms with Gasteiger partial charge in [-0.15, -0.1) is 0 Å². The van der Waals surface area contributed by atoms with Crippen LogP contribution in [0, 0.1) is 0 Å². The van der Waals surface area contributed by atoms with Gasteiger partial charge < -0.3 is 5.11 Å². The van der Waals surface area contributed by atoms with Crippen molar-refractivity contribution in [3.05, 3.63) is 84.4 Å². The van der Waals surface area contributed by atoms with E-state index in [4.69, 9.17) is 0 Å². The zero-order valence-corrected chi connectivity index (χ0v) is 9.01. The number of hydrogen-bond acceptors (Lipinski definition) is 1. The summed E-state index contributed by atoms with van der Waals surface area (Å²) >= 11 is 0. The third kappa shape index (κ3) is 1.77. The molecule has 0 fully saturated rings. The van der Waals surface area contributed by atoms with Crippen molar-refractivity contribution in [2.75, 3.05) is 0 Å². The lowest BCUT2D eigenvalue weighted by Gasteiger charge is -2.25. The SMILES string of the molecule is C=CC(O)(c1ccccc1)c1ccccc1. The lowest BCUT2D eigenvalue weighted by Crippen LogP contribution is -2.23. The zero-order chi connectivity index (χ0) is 11.4. The van der Waals surface area contributed by atoms with E-state index in [-0.39, 0.29) is 0 Å². The third-order valence-electron chi connectivity index (χ3n) is 2.72. The van der Waals surface area contributed by atoms with Gasteiger partial charge in [0.25, 0.3) is 0 Å². The Hall–Kier alpha value is -1.86. The molecule has 80 valence electrons. The molecule has 2 rings (SSSR count). The van der Waals surface area contributed by atoms with Gasteiger partial charge in [-0.05, 0) is 11.1 Å². The summed E-state index contributed by atoms with van der Waals surface area (Å²) in [4.78, 5) is 0. The van der Waals surface area contributed by atoms with Gasteiger partial charge in [-0.2, -0.15) is 0 Å². The molecule has 0 radical (unpaired) electrons. The fourth-order valence-electron chi connectivity index (χ4n) is 1.79. The Labute approximate surface area is 95.7 Å². The van der Waals surface area contributed by atoms with Crippen LogP contribution in [0.5, 0.6) is 0 Å². The van der Waals surface area contributed by atoms with Crippen molar-refractivity contribution >= 4 is 0 Å². The Bertz CT molecular complexity index is 420. The van der Waals surface area contributed by atoms with Crippen LogP contribution in [0.4, 0.5) is 0 Å². The molecule has 0 aliphatic rings. The molecule has 2 aromatic carbocycles. The van der Waals surface area contributed by atoms with Crippen LogP contribution < -0.4 is 0 Å². The van der Waals surface area contributed by atoms with Gasteiger partial charge in [0.1, 0.15) is 5.60 Å². The van der Waals surface area contributed by atoms with Crippen LogP contribution in [0.1, 0.15) is 11.1 Å². The predicted molar refractivity (Wildman–Crippen MR) is 66.1 cm³/mol. The fraction of sp³-hybridized carbons (Fsp3) is 0.0667. The van der Waals surface area contributed by atoms with E-state index < -0.39 is 5.60 Å². The summed E-state index contributed by atoms with van der Waals surface area (Å²) in [6.45, 7) is 3.74. The number of hydrogen-bond donors (Lipinski definition) is 1. The molecule has 0 saturated carbocycles. The Kier molecular flexibility index (Phi) is 2.88. The Morgan fingerprint density at radius 1 is 0.812 bits per heavy atom. The minimum absolute atomic E-state index is 0.830. The molecule has 0 unspecified atom stereocenters. The van der Waals surface area contributed by atoms with Crippen molar-refractivity contribution in [1.82, 2.24) is 0 Å². The Balaban J connectivity index is 2.53. The Morgan fingerprint density at radius 3 is 1.50 bits per heavy atom. The first-order chi connectivity index (χ1) is 7.77. The van der Waals surface area contributed by atoms with Gasteiger partial charge >= 0.3 is 0 Å². The molecule has 0 spiro atoms. The summed E-state index contributed by atoms with van der Waals surface area (Å²) in [5.41, 5.74) is 0.551. The van der Waals surface area contributed by atoms with E-state index in [1.165, 1.54) is 0 Å². The molecule has 1 N–H and O–H groups in total. The van der Waals surface area contributed by atoms with Crippen molar-refractivity contribution in [3.63, 3.8) is 0 Å². The molecule has 1 nitrogen and oxygen atoms in total. The Morgan fingerprint density at radius 2 is 1.19 bits per heavy atom. The van der Waals surface area contributed by atoms with Gasteiger partial charge in [-0.3, -0.25) is 0 Å². The molecule has 2 aromatic rings. The normalized spacial score (nSPS) is 11.1. The topological polar surface area (TPSA) is 20.2 Å². The van der Waals surface area contributed by atoms with Crippen LogP contribution in [-0.2, 0) is 5.60 Å². The molecule has 0 aromatic heterocycles. The summed E-state index contributed by atoms with van der Waals surface area (Å²) in [6.07, 6.45) is 1.57. The lowest BCUT2D eigenvalue weighted by molar-refractivity contribution is 0.135. The minimum Gasteiger partial charge on any atom is -0.377 e. The van der Waals surface area contributed by atoms with Crippen LogP contribution >= 0.6 is 0 Å². The van der Waals surface area contributed by atoms with E-state index in [0.717, 1.165) is 11.1 Å². The molecule has 0 aliphatic carbocycles. The molecule has 0 heterocycles. The van der Waals surface area contributed by atoms with E-state index in [9.17, 15) is 5.11 Å². The summed E-state index contributed by atoms with van der Waals surface area (Å²) < 4.78 is 0. The third-order valence-corrected chi connectivity index (χ3v) is 2.72. The van der Waals surface area contributed by atoms with Crippen LogP contribution in [0.25, 0.3) is 0 Å². The van der Waals surface area contributed by atoms with Crippen LogP contribution in [0.15, 0.2) is 73.3 Å². The molecule has 0 bridgehead atoms. The highest BCUT2D eigenvalue weighted by molar-refractivity contribution is 5.39. The summed E-state index contributed by atoms with van der Waals surface area (Å²) in [5.74, 6) is 0. The van der Waals surface area contributed by atoms with E-state index in [1.54, 1.807) is 6.08 Å². The quantitative estimate of drug-likeness (QED) is 0.772. The number of aliphatic hydroxyl groups is 1. The van der Waals surface area contributed by atoms with Gasteiger partial charge in [0.15, 0.2) is 0 Å². The maximum absolute atomic E-state index is 10.6. The molecule has 16 heavy (non-hydrogen) atoms. The van der Waals surface area contributed by atoms with E-state index in [1.807, 2.05) is 60.7 Å². The average Bonchev–Trinajstić information content (AvgIpc) is 2.40. The smallest absolute Gasteiger partial charge is 0.133 e. The summed E-state index contributed by atoms with van der Waals surface area (Å²) in [5, 5.41) is 10.6. The number of benzene rings is 2. The molecule has 0 saturated heterocycles. The van der Waals surface area contributed by atoms with Crippen LogP contribution in [-0.4, -0.2) is 5.11 Å². The largest absolute Gasteiger partial charge is 0.377 e. The van der Waals surface area contributed by atoms with Crippen molar-refractivity contribution in [1.29, 1.82) is 0 Å². The highest BCUT2D eigenvalue weighted by atomic mass is 16.3. The number of rotatable bonds is 3. The van der Waals surface area contributed by atoms with Crippen molar-refractivity contribution in [2.24, 2.45) is 0 Å². The highest BCUT2D eigenvalue weighted by Gasteiger charge is 2.26. The first-order valence-corrected chi connectivity index (χ1v) is 5.24. The second-order valence-electron chi connectivity index (χ2n) is 3.70. The highest BCUT2D eigenvalue weighted by Crippen LogP contribution is 2.30. The molecule has 0 aliphatic heterocycles. The standard InChI is InChI=1S/C15H14O/c1-2-15(16,13-9-5-3-6-10-13)14-11-7-4-8-12-14/h2-12,16H,1H2. The first kappa shape index (κ1) is 10.7. The van der Waals surface area contributed by atoms with Crippen LogP contribution in [0.3, 0.4) is 0 Å². The van der Waals surface area contributed by atoms with Crippen molar-refractivity contribution < 1.29 is 5.11 Å². The average molecular weight is 210 g/mol.